The van der Waals surface area contributed by atoms with Gasteiger partial charge in [-0.1, -0.05) is 48.1 Å². The summed E-state index contributed by atoms with van der Waals surface area (Å²) in [5.41, 5.74) is 0.471. The van der Waals surface area contributed by atoms with Crippen LogP contribution in [0.2, 0.25) is 31.7 Å². The molecule has 0 N–H and O–H groups in total. The highest BCUT2D eigenvalue weighted by Crippen LogP contribution is 2.39. The van der Waals surface area contributed by atoms with Crippen molar-refractivity contribution >= 4 is 28.4 Å². The summed E-state index contributed by atoms with van der Waals surface area (Å²) in [6.45, 7) is 24.9. The zero-order valence-corrected chi connectivity index (χ0v) is 20.7. The number of hydrogen-bond acceptors (Lipinski definition) is 4. The van der Waals surface area contributed by atoms with Gasteiger partial charge in [0.2, 0.25) is 8.32 Å². The standard InChI is InChI=1S/C20H40O4Si2/c1-16(17(2)21)12-18(22)23-15-26(13-19(3,4)5,14-20(6,7)8)24-25(9,10)11/h1,12-15H2,2-11H3. The molecule has 0 spiro atoms. The lowest BCUT2D eigenvalue weighted by atomic mass is 10.00. The first-order valence-corrected chi connectivity index (χ1v) is 15.3. The molecule has 0 atom stereocenters. The predicted octanol–water partition coefficient (Wildman–Crippen LogP) is 5.49. The van der Waals surface area contributed by atoms with E-state index in [4.69, 9.17) is 8.85 Å². The minimum absolute atomic E-state index is 0.0439. The van der Waals surface area contributed by atoms with Crippen molar-refractivity contribution in [3.05, 3.63) is 12.2 Å². The van der Waals surface area contributed by atoms with E-state index in [-0.39, 0.29) is 29.0 Å². The lowest BCUT2D eigenvalue weighted by molar-refractivity contribution is -0.141. The zero-order chi connectivity index (χ0) is 21.0. The molecule has 0 aliphatic carbocycles. The number of hydrogen-bond donors (Lipinski definition) is 0. The molecule has 0 saturated heterocycles. The summed E-state index contributed by atoms with van der Waals surface area (Å²) in [5, 5.41) is 0. The smallest absolute Gasteiger partial charge is 0.310 e. The van der Waals surface area contributed by atoms with Crippen molar-refractivity contribution in [3.8, 4) is 0 Å². The third-order valence-electron chi connectivity index (χ3n) is 3.58. The number of esters is 1. The molecule has 0 amide bonds. The number of rotatable bonds is 9. The summed E-state index contributed by atoms with van der Waals surface area (Å²) in [7, 11) is -4.15. The monoisotopic (exact) mass is 400 g/mol. The molecular weight excluding hydrogens is 360 g/mol. The van der Waals surface area contributed by atoms with Crippen LogP contribution in [0, 0.1) is 10.8 Å². The van der Waals surface area contributed by atoms with Gasteiger partial charge in [0.05, 0.1) is 6.42 Å². The summed E-state index contributed by atoms with van der Waals surface area (Å²) >= 11 is 0. The molecular formula is C20H40O4Si2. The van der Waals surface area contributed by atoms with Crippen molar-refractivity contribution in [1.82, 2.24) is 0 Å². The molecule has 26 heavy (non-hydrogen) atoms. The summed E-state index contributed by atoms with van der Waals surface area (Å²) in [4.78, 5) is 23.6. The van der Waals surface area contributed by atoms with Gasteiger partial charge < -0.3 is 8.85 Å². The van der Waals surface area contributed by atoms with Crippen LogP contribution in [0.25, 0.3) is 0 Å². The Morgan fingerprint density at radius 2 is 1.35 bits per heavy atom. The van der Waals surface area contributed by atoms with Gasteiger partial charge >= 0.3 is 5.97 Å². The zero-order valence-electron chi connectivity index (χ0n) is 18.7. The SMILES string of the molecule is C=C(CC(=O)OC[Si](CC(C)(C)C)(CC(C)(C)C)O[Si](C)(C)C)C(C)=O. The van der Waals surface area contributed by atoms with Crippen molar-refractivity contribution in [1.29, 1.82) is 0 Å². The molecule has 0 saturated carbocycles. The number of ether oxygens (including phenoxy) is 1. The Balaban J connectivity index is 5.54. The highest BCUT2D eigenvalue weighted by molar-refractivity contribution is 6.85. The lowest BCUT2D eigenvalue weighted by Gasteiger charge is -2.43. The topological polar surface area (TPSA) is 52.6 Å². The third-order valence-corrected chi connectivity index (χ3v) is 11.8. The fourth-order valence-electron chi connectivity index (χ4n) is 3.41. The van der Waals surface area contributed by atoms with Crippen LogP contribution >= 0.6 is 0 Å². The van der Waals surface area contributed by atoms with Crippen LogP contribution in [0.4, 0.5) is 0 Å². The summed E-state index contributed by atoms with van der Waals surface area (Å²) in [6, 6.07) is 1.87. The molecule has 0 unspecified atom stereocenters. The van der Waals surface area contributed by atoms with Crippen molar-refractivity contribution in [2.45, 2.75) is 86.6 Å². The highest BCUT2D eigenvalue weighted by atomic mass is 28.4. The van der Waals surface area contributed by atoms with Gasteiger partial charge in [-0.25, -0.2) is 0 Å². The maximum absolute atomic E-state index is 12.2. The third kappa shape index (κ3) is 11.8. The summed E-state index contributed by atoms with van der Waals surface area (Å²) < 4.78 is 12.5. The predicted molar refractivity (Wildman–Crippen MR) is 114 cm³/mol. The fourth-order valence-corrected chi connectivity index (χ4v) is 14.0. The van der Waals surface area contributed by atoms with Crippen LogP contribution in [0.3, 0.4) is 0 Å². The molecule has 0 aromatic carbocycles. The van der Waals surface area contributed by atoms with Crippen molar-refractivity contribution in [3.63, 3.8) is 0 Å². The van der Waals surface area contributed by atoms with Gasteiger partial charge in [-0.3, -0.25) is 9.59 Å². The van der Waals surface area contributed by atoms with Gasteiger partial charge in [-0.15, -0.1) is 0 Å². The van der Waals surface area contributed by atoms with Gasteiger partial charge in [-0.2, -0.15) is 0 Å². The van der Waals surface area contributed by atoms with E-state index in [9.17, 15) is 9.59 Å². The largest absolute Gasteiger partial charge is 0.466 e. The quantitative estimate of drug-likeness (QED) is 0.291. The second kappa shape index (κ2) is 8.98. The van der Waals surface area contributed by atoms with Crippen LogP contribution in [-0.2, 0) is 18.4 Å². The number of Topliss-reactive ketones (excluding diaryl/α,β-unsaturated/α-hetero) is 1. The van der Waals surface area contributed by atoms with Crippen LogP contribution in [0.1, 0.15) is 54.9 Å². The minimum Gasteiger partial charge on any atom is -0.466 e. The molecule has 0 aromatic heterocycles. The number of ketones is 1. The fraction of sp³-hybridized carbons (Fsp3) is 0.800. The Hall–Kier alpha value is -0.726. The second-order valence-electron chi connectivity index (χ2n) is 10.9. The summed E-state index contributed by atoms with van der Waals surface area (Å²) in [5.74, 6) is -0.558. The average Bonchev–Trinajstić information content (AvgIpc) is 2.29. The Bertz CT molecular complexity index is 479. The molecule has 0 heterocycles. The molecule has 0 aliphatic rings. The molecule has 0 aromatic rings. The number of carbonyl (C=O) groups is 2. The van der Waals surface area contributed by atoms with Crippen molar-refractivity contribution in [2.75, 3.05) is 6.23 Å². The Labute approximate surface area is 163 Å². The van der Waals surface area contributed by atoms with E-state index in [1.807, 2.05) is 0 Å². The van der Waals surface area contributed by atoms with Gasteiger partial charge in [0.1, 0.15) is 6.23 Å². The highest BCUT2D eigenvalue weighted by Gasteiger charge is 2.46. The van der Waals surface area contributed by atoms with E-state index in [1.165, 1.54) is 6.92 Å². The molecule has 4 nitrogen and oxygen atoms in total. The van der Waals surface area contributed by atoms with E-state index in [0.29, 0.717) is 11.8 Å². The molecule has 0 fully saturated rings. The first-order chi connectivity index (χ1) is 11.3. The van der Waals surface area contributed by atoms with Crippen molar-refractivity contribution in [2.24, 2.45) is 10.8 Å². The molecule has 0 rings (SSSR count). The van der Waals surface area contributed by atoms with E-state index in [0.717, 1.165) is 12.1 Å². The first-order valence-electron chi connectivity index (χ1n) is 9.39. The lowest BCUT2D eigenvalue weighted by Crippen LogP contribution is -2.55. The Morgan fingerprint density at radius 3 is 1.65 bits per heavy atom. The molecule has 0 radical (unpaired) electrons. The molecule has 0 aliphatic heterocycles. The Kier molecular flexibility index (Phi) is 8.72. The second-order valence-corrected chi connectivity index (χ2v) is 19.3. The first kappa shape index (κ1) is 25.3. The molecule has 0 bridgehead atoms. The van der Waals surface area contributed by atoms with E-state index in [1.54, 1.807) is 0 Å². The van der Waals surface area contributed by atoms with Crippen LogP contribution in [0.15, 0.2) is 12.2 Å². The van der Waals surface area contributed by atoms with Crippen molar-refractivity contribution < 1.29 is 18.4 Å². The van der Waals surface area contributed by atoms with Crippen LogP contribution < -0.4 is 0 Å². The average molecular weight is 401 g/mol. The van der Waals surface area contributed by atoms with Gasteiger partial charge in [0.25, 0.3) is 0 Å². The van der Waals surface area contributed by atoms with E-state index in [2.05, 4.69) is 67.8 Å². The Morgan fingerprint density at radius 1 is 0.923 bits per heavy atom. The minimum atomic E-state index is -2.34. The molecule has 6 heteroatoms. The maximum atomic E-state index is 12.2. The molecule has 152 valence electrons. The maximum Gasteiger partial charge on any atom is 0.310 e. The number of carbonyl (C=O) groups excluding carboxylic acids is 2. The summed E-state index contributed by atoms with van der Waals surface area (Å²) in [6.07, 6.45) is 0.299. The van der Waals surface area contributed by atoms with E-state index < -0.39 is 16.6 Å². The van der Waals surface area contributed by atoms with Crippen LogP contribution in [0.5, 0.6) is 0 Å². The van der Waals surface area contributed by atoms with Crippen LogP contribution in [-0.4, -0.2) is 34.6 Å². The van der Waals surface area contributed by atoms with Gasteiger partial charge in [0, 0.05) is 0 Å². The normalized spacial score (nSPS) is 13.5. The van der Waals surface area contributed by atoms with Gasteiger partial charge in [-0.05, 0) is 55.1 Å². The van der Waals surface area contributed by atoms with Gasteiger partial charge in [0.15, 0.2) is 14.1 Å². The van der Waals surface area contributed by atoms with E-state index >= 15 is 0 Å².